The maximum Gasteiger partial charge on any atom is 0.310 e. The van der Waals surface area contributed by atoms with Gasteiger partial charge in [0.15, 0.2) is 0 Å². The molecule has 4 rings (SSSR count). The van der Waals surface area contributed by atoms with Crippen LogP contribution in [0.3, 0.4) is 0 Å². The highest BCUT2D eigenvalue weighted by Gasteiger charge is 2.41. The van der Waals surface area contributed by atoms with E-state index in [1.54, 1.807) is 18.7 Å². The Kier molecular flexibility index (Phi) is 7.23. The lowest BCUT2D eigenvalue weighted by atomic mass is 9.83. The Morgan fingerprint density at radius 2 is 1.97 bits per heavy atom. The summed E-state index contributed by atoms with van der Waals surface area (Å²) in [4.78, 5) is 40.7. The highest BCUT2D eigenvalue weighted by Crippen LogP contribution is 2.40. The number of esters is 1. The van der Waals surface area contributed by atoms with Crippen molar-refractivity contribution >= 4 is 35.6 Å². The van der Waals surface area contributed by atoms with Crippen LogP contribution in [0.25, 0.3) is 6.08 Å². The summed E-state index contributed by atoms with van der Waals surface area (Å²) in [6.45, 7) is 5.37. The van der Waals surface area contributed by atoms with Gasteiger partial charge in [0, 0.05) is 30.3 Å². The summed E-state index contributed by atoms with van der Waals surface area (Å²) in [6, 6.07) is 8.16. The van der Waals surface area contributed by atoms with Crippen molar-refractivity contribution in [1.29, 1.82) is 0 Å². The Balaban J connectivity index is 1.36. The van der Waals surface area contributed by atoms with Gasteiger partial charge in [-0.25, -0.2) is 0 Å². The fraction of sp³-hybridized carbons (Fsp3) is 0.560. The average Bonchev–Trinajstić information content (AvgIpc) is 2.80. The summed E-state index contributed by atoms with van der Waals surface area (Å²) in [5, 5.41) is 3.45. The molecule has 1 aliphatic carbocycles. The molecule has 0 spiro atoms. The van der Waals surface area contributed by atoms with Gasteiger partial charge in [-0.3, -0.25) is 14.4 Å². The number of nitrogens with zero attached hydrogens (tertiary/aromatic N) is 1. The maximum atomic E-state index is 13.2. The van der Waals surface area contributed by atoms with Crippen LogP contribution in [0.2, 0.25) is 0 Å². The number of ether oxygens (including phenoxy) is 1. The van der Waals surface area contributed by atoms with E-state index in [9.17, 15) is 14.4 Å². The zero-order chi connectivity index (χ0) is 22.7. The number of rotatable bonds is 4. The molecule has 2 amide bonds. The highest BCUT2D eigenvalue weighted by atomic mass is 32.2. The van der Waals surface area contributed by atoms with Crippen molar-refractivity contribution < 1.29 is 19.1 Å². The Labute approximate surface area is 194 Å². The molecule has 2 aliphatic heterocycles. The number of nitrogens with one attached hydrogen (secondary N) is 1. The molecular weight excluding hydrogens is 424 g/mol. The molecule has 1 aromatic rings. The van der Waals surface area contributed by atoms with Crippen LogP contribution in [-0.4, -0.2) is 53.7 Å². The third-order valence-corrected chi connectivity index (χ3v) is 8.11. The molecule has 1 N–H and O–H groups in total. The van der Waals surface area contributed by atoms with Gasteiger partial charge in [0.1, 0.15) is 0 Å². The van der Waals surface area contributed by atoms with Gasteiger partial charge in [0.2, 0.25) is 5.91 Å². The number of aryl methyl sites for hydroxylation is 1. The summed E-state index contributed by atoms with van der Waals surface area (Å²) in [5.41, 5.74) is 2.22. The molecule has 3 aliphatic rings. The van der Waals surface area contributed by atoms with Gasteiger partial charge < -0.3 is 15.0 Å². The van der Waals surface area contributed by atoms with E-state index in [0.717, 1.165) is 36.2 Å². The minimum absolute atomic E-state index is 0.0102. The molecule has 2 saturated heterocycles. The van der Waals surface area contributed by atoms with E-state index >= 15 is 0 Å². The summed E-state index contributed by atoms with van der Waals surface area (Å²) in [5.74, 6) is -0.440. The number of amides is 2. The molecule has 1 aromatic carbocycles. The van der Waals surface area contributed by atoms with E-state index in [1.807, 2.05) is 42.2 Å². The van der Waals surface area contributed by atoms with Crippen molar-refractivity contribution in [2.45, 2.75) is 57.2 Å². The van der Waals surface area contributed by atoms with E-state index in [-0.39, 0.29) is 35.7 Å². The molecule has 32 heavy (non-hydrogen) atoms. The van der Waals surface area contributed by atoms with E-state index < -0.39 is 0 Å². The number of hydrogen-bond acceptors (Lipinski definition) is 5. The van der Waals surface area contributed by atoms with Gasteiger partial charge in [0.05, 0.1) is 17.4 Å². The number of carbonyl (C=O) groups excluding carboxylic acids is 3. The molecule has 7 heteroatoms. The second-order valence-electron chi connectivity index (χ2n) is 9.04. The normalized spacial score (nSPS) is 29.2. The lowest BCUT2D eigenvalue weighted by Gasteiger charge is -2.41. The lowest BCUT2D eigenvalue weighted by molar-refractivity contribution is -0.152. The summed E-state index contributed by atoms with van der Waals surface area (Å²) in [6.07, 6.45) is 5.94. The van der Waals surface area contributed by atoms with Crippen molar-refractivity contribution in [3.8, 4) is 0 Å². The molecule has 2 heterocycles. The van der Waals surface area contributed by atoms with Crippen molar-refractivity contribution in [2.75, 3.05) is 19.7 Å². The summed E-state index contributed by atoms with van der Waals surface area (Å²) < 4.78 is 5.16. The van der Waals surface area contributed by atoms with Gasteiger partial charge in [-0.15, -0.1) is 11.8 Å². The highest BCUT2D eigenvalue weighted by molar-refractivity contribution is 8.04. The first-order valence-electron chi connectivity index (χ1n) is 11.7. The van der Waals surface area contributed by atoms with Crippen molar-refractivity contribution in [3.63, 3.8) is 0 Å². The largest absolute Gasteiger partial charge is 0.466 e. The number of carbonyl (C=O) groups is 3. The van der Waals surface area contributed by atoms with E-state index in [1.165, 1.54) is 5.56 Å². The molecule has 172 valence electrons. The fourth-order valence-corrected chi connectivity index (χ4v) is 6.21. The van der Waals surface area contributed by atoms with Gasteiger partial charge in [0.25, 0.3) is 5.91 Å². The Bertz CT molecular complexity index is 898. The minimum Gasteiger partial charge on any atom is -0.466 e. The Morgan fingerprint density at radius 3 is 2.72 bits per heavy atom. The molecule has 1 saturated carbocycles. The lowest BCUT2D eigenvalue weighted by Crippen LogP contribution is -2.53. The first kappa shape index (κ1) is 22.9. The minimum atomic E-state index is -0.219. The molecule has 0 radical (unpaired) electrons. The standard InChI is InChI=1S/C25H32N2O4S/c1-3-31-25(30)19-5-4-12-27(15-19)24(29)18-10-11-21-20(14-18)26-23(28)22(32-21)13-17-8-6-16(2)7-9-17/h6-9,13,18-21H,3-5,10-12,14-15H2,1-2H3,(H,26,28)/b22-13+. The molecule has 0 aromatic heterocycles. The summed E-state index contributed by atoms with van der Waals surface area (Å²) >= 11 is 1.64. The second-order valence-corrected chi connectivity index (χ2v) is 10.3. The second kappa shape index (κ2) is 10.1. The molecule has 6 nitrogen and oxygen atoms in total. The number of fused-ring (bicyclic) bond motifs is 1. The van der Waals surface area contributed by atoms with Crippen molar-refractivity contribution in [2.24, 2.45) is 11.8 Å². The summed E-state index contributed by atoms with van der Waals surface area (Å²) in [7, 11) is 0. The maximum absolute atomic E-state index is 13.2. The van der Waals surface area contributed by atoms with E-state index in [0.29, 0.717) is 31.4 Å². The first-order chi connectivity index (χ1) is 15.4. The molecular formula is C25H32N2O4S. The number of likely N-dealkylation sites (tertiary alicyclic amines) is 1. The van der Waals surface area contributed by atoms with Gasteiger partial charge in [-0.1, -0.05) is 29.8 Å². The number of thioether (sulfide) groups is 1. The smallest absolute Gasteiger partial charge is 0.310 e. The zero-order valence-corrected chi connectivity index (χ0v) is 19.7. The quantitative estimate of drug-likeness (QED) is 0.554. The Hall–Kier alpha value is -2.28. The van der Waals surface area contributed by atoms with Gasteiger partial charge >= 0.3 is 5.97 Å². The van der Waals surface area contributed by atoms with Crippen LogP contribution in [-0.2, 0) is 19.1 Å². The molecule has 4 unspecified atom stereocenters. The van der Waals surface area contributed by atoms with Crippen LogP contribution < -0.4 is 5.32 Å². The topological polar surface area (TPSA) is 75.7 Å². The molecule has 4 atom stereocenters. The van der Waals surface area contributed by atoms with Crippen LogP contribution in [0.4, 0.5) is 0 Å². The number of benzene rings is 1. The number of piperidine rings is 1. The van der Waals surface area contributed by atoms with Crippen LogP contribution in [0.1, 0.15) is 50.2 Å². The SMILES string of the molecule is CCOC(=O)C1CCCN(C(=O)C2CCC3S/C(=C/c4ccc(C)cc4)C(=O)NC3C2)C1. The Morgan fingerprint density at radius 1 is 1.19 bits per heavy atom. The monoisotopic (exact) mass is 456 g/mol. The molecule has 3 fully saturated rings. The molecule has 0 bridgehead atoms. The van der Waals surface area contributed by atoms with Crippen molar-refractivity contribution in [1.82, 2.24) is 10.2 Å². The van der Waals surface area contributed by atoms with Crippen LogP contribution >= 0.6 is 11.8 Å². The number of hydrogen-bond donors (Lipinski definition) is 1. The van der Waals surface area contributed by atoms with Crippen LogP contribution in [0.5, 0.6) is 0 Å². The first-order valence-corrected chi connectivity index (χ1v) is 12.5. The van der Waals surface area contributed by atoms with Gasteiger partial charge in [-0.05, 0) is 57.6 Å². The predicted octanol–water partition coefficient (Wildman–Crippen LogP) is 3.54. The van der Waals surface area contributed by atoms with Crippen LogP contribution in [0, 0.1) is 18.8 Å². The average molecular weight is 457 g/mol. The van der Waals surface area contributed by atoms with E-state index in [2.05, 4.69) is 5.32 Å². The van der Waals surface area contributed by atoms with Crippen molar-refractivity contribution in [3.05, 3.63) is 40.3 Å². The fourth-order valence-electron chi connectivity index (χ4n) is 4.92. The predicted molar refractivity (Wildman–Crippen MR) is 126 cm³/mol. The third kappa shape index (κ3) is 5.20. The van der Waals surface area contributed by atoms with Gasteiger partial charge in [-0.2, -0.15) is 0 Å². The van der Waals surface area contributed by atoms with E-state index in [4.69, 9.17) is 4.74 Å². The third-order valence-electron chi connectivity index (χ3n) is 6.68. The van der Waals surface area contributed by atoms with Crippen LogP contribution in [0.15, 0.2) is 29.2 Å². The zero-order valence-electron chi connectivity index (χ0n) is 18.8.